The largest absolute Gasteiger partial charge is 0.362 e. The van der Waals surface area contributed by atoms with E-state index in [1.165, 1.54) is 12.8 Å². The average Bonchev–Trinajstić information content (AvgIpc) is 2.93. The molecule has 6 atom stereocenters. The van der Waals surface area contributed by atoms with Gasteiger partial charge in [0.2, 0.25) is 0 Å². The van der Waals surface area contributed by atoms with Gasteiger partial charge in [-0.2, -0.15) is 5.26 Å². The Kier molecular flexibility index (Phi) is 9.00. The van der Waals surface area contributed by atoms with Crippen LogP contribution in [0.5, 0.6) is 0 Å². The number of nitrogens with one attached hydrogen (secondary N) is 1. The van der Waals surface area contributed by atoms with Crippen LogP contribution in [0.25, 0.3) is 0 Å². The van der Waals surface area contributed by atoms with Gasteiger partial charge in [-0.25, -0.2) is 0 Å². The summed E-state index contributed by atoms with van der Waals surface area (Å²) >= 11 is 0. The summed E-state index contributed by atoms with van der Waals surface area (Å²) in [5.74, 6) is 0.710. The molecule has 2 aliphatic heterocycles. The molecule has 3 fully saturated rings. The van der Waals surface area contributed by atoms with E-state index >= 15 is 0 Å². The van der Waals surface area contributed by atoms with Crippen molar-refractivity contribution < 1.29 is 0 Å². The van der Waals surface area contributed by atoms with E-state index in [1.807, 2.05) is 0 Å². The Hall–Kier alpha value is -1.21. The van der Waals surface area contributed by atoms with Gasteiger partial charge >= 0.3 is 0 Å². The Morgan fingerprint density at radius 1 is 1.27 bits per heavy atom. The van der Waals surface area contributed by atoms with Crippen molar-refractivity contribution in [1.82, 2.24) is 10.2 Å². The van der Waals surface area contributed by atoms with Gasteiger partial charge in [-0.15, -0.1) is 6.58 Å². The molecule has 2 bridgehead atoms. The Morgan fingerprint density at radius 2 is 1.94 bits per heavy atom. The lowest BCUT2D eigenvalue weighted by molar-refractivity contribution is -0.128. The highest BCUT2D eigenvalue weighted by Gasteiger charge is 2.65. The molecule has 0 amide bonds. The molecule has 5 unspecified atom stereocenters. The van der Waals surface area contributed by atoms with E-state index in [0.29, 0.717) is 17.8 Å². The highest BCUT2D eigenvalue weighted by atomic mass is 15.3. The van der Waals surface area contributed by atoms with E-state index in [0.717, 1.165) is 50.9 Å². The van der Waals surface area contributed by atoms with E-state index in [-0.39, 0.29) is 28.2 Å². The lowest BCUT2D eigenvalue weighted by Gasteiger charge is -2.65. The number of rotatable bonds is 13. The van der Waals surface area contributed by atoms with Gasteiger partial charge in [0.25, 0.3) is 0 Å². The third-order valence-corrected chi connectivity index (χ3v) is 9.69. The van der Waals surface area contributed by atoms with E-state index in [2.05, 4.69) is 84.0 Å². The van der Waals surface area contributed by atoms with E-state index in [1.54, 1.807) is 0 Å². The first-order valence-corrected chi connectivity index (χ1v) is 13.3. The number of nitrogens with zero attached hydrogens (tertiary/aromatic N) is 2. The third-order valence-electron chi connectivity index (χ3n) is 9.69. The van der Waals surface area contributed by atoms with Crippen LogP contribution in [0.4, 0.5) is 0 Å². The lowest BCUT2D eigenvalue weighted by Crippen LogP contribution is -2.67. The van der Waals surface area contributed by atoms with Crippen molar-refractivity contribution in [1.29, 1.82) is 5.26 Å². The molecular formula is C29H50BN3. The van der Waals surface area contributed by atoms with Gasteiger partial charge in [-0.1, -0.05) is 79.8 Å². The average molecular weight is 452 g/mol. The van der Waals surface area contributed by atoms with Crippen LogP contribution in [-0.2, 0) is 0 Å². The molecule has 1 N–H and O–H groups in total. The van der Waals surface area contributed by atoms with Crippen molar-refractivity contribution >= 4 is 7.85 Å². The fourth-order valence-corrected chi connectivity index (χ4v) is 7.49. The highest BCUT2D eigenvalue weighted by molar-refractivity contribution is 6.12. The molecule has 0 spiro atoms. The second kappa shape index (κ2) is 10.6. The van der Waals surface area contributed by atoms with Gasteiger partial charge in [0.05, 0.1) is 13.9 Å². The van der Waals surface area contributed by atoms with Crippen LogP contribution in [0.1, 0.15) is 99.8 Å². The normalized spacial score (nSPS) is 33.4. The van der Waals surface area contributed by atoms with Crippen LogP contribution in [-0.4, -0.2) is 37.4 Å². The summed E-state index contributed by atoms with van der Waals surface area (Å²) in [6, 6.07) is 2.51. The van der Waals surface area contributed by atoms with Gasteiger partial charge in [-0.05, 0) is 60.8 Å². The smallest absolute Gasteiger partial charge is 0.0732 e. The second-order valence-electron chi connectivity index (χ2n) is 12.4. The predicted molar refractivity (Wildman–Crippen MR) is 143 cm³/mol. The van der Waals surface area contributed by atoms with Crippen LogP contribution in [0.2, 0.25) is 5.82 Å². The second-order valence-corrected chi connectivity index (χ2v) is 12.4. The molecule has 3 nitrogen and oxygen atoms in total. The van der Waals surface area contributed by atoms with Crippen LogP contribution < -0.4 is 5.32 Å². The minimum absolute atomic E-state index is 0.0577. The van der Waals surface area contributed by atoms with Crippen molar-refractivity contribution in [2.45, 2.75) is 117 Å². The van der Waals surface area contributed by atoms with Crippen molar-refractivity contribution in [3.63, 3.8) is 0 Å². The molecular weight excluding hydrogens is 401 g/mol. The Labute approximate surface area is 206 Å². The first-order chi connectivity index (χ1) is 15.4. The molecule has 2 heterocycles. The molecule has 184 valence electrons. The molecule has 0 aromatic heterocycles. The number of nitriles is 1. The van der Waals surface area contributed by atoms with E-state index in [9.17, 15) is 5.26 Å². The maximum absolute atomic E-state index is 9.17. The van der Waals surface area contributed by atoms with Crippen LogP contribution >= 0.6 is 0 Å². The minimum Gasteiger partial charge on any atom is -0.362 e. The molecule has 33 heavy (non-hydrogen) atoms. The quantitative estimate of drug-likeness (QED) is 0.186. The molecule has 2 radical (unpaired) electrons. The summed E-state index contributed by atoms with van der Waals surface area (Å²) in [7, 11) is 6.79. The summed E-state index contributed by atoms with van der Waals surface area (Å²) in [6.07, 6.45) is 10.6. The number of hydrogen-bond donors (Lipinski definition) is 1. The molecule has 2 saturated heterocycles. The molecule has 3 rings (SSSR count). The standard InChI is InChI=1S/C29H50BN3/c1-10-25-24(30)18-28(12-3)21-29(13-4,23(28)6)33(25)22(5)19-32-17-15-27(9,11-2)20-26(7,8)14-16-31/h10,23-25,32H,1,5,11-15,17-21H2,2-4,6-9H3/t23-,24?,25?,27?,28?,29?/m1/s1. The number of fused-ring (bicyclic) bond motifs is 3. The lowest BCUT2D eigenvalue weighted by atomic mass is 9.46. The van der Waals surface area contributed by atoms with Gasteiger partial charge in [-0.3, -0.25) is 0 Å². The first kappa shape index (κ1) is 28.0. The molecule has 1 aliphatic carbocycles. The zero-order valence-corrected chi connectivity index (χ0v) is 22.8. The summed E-state index contributed by atoms with van der Waals surface area (Å²) in [5, 5.41) is 12.9. The predicted octanol–water partition coefficient (Wildman–Crippen LogP) is 7.03. The molecule has 3 aliphatic rings. The zero-order chi connectivity index (χ0) is 25.1. The molecule has 0 aromatic carbocycles. The monoisotopic (exact) mass is 451 g/mol. The minimum atomic E-state index is 0.0577. The van der Waals surface area contributed by atoms with Crippen molar-refractivity contribution in [2.24, 2.45) is 22.2 Å². The zero-order valence-electron chi connectivity index (χ0n) is 22.8. The topological polar surface area (TPSA) is 39.1 Å². The van der Waals surface area contributed by atoms with Gasteiger partial charge in [0.1, 0.15) is 0 Å². The van der Waals surface area contributed by atoms with Crippen molar-refractivity contribution in [3.05, 3.63) is 24.9 Å². The Balaban J connectivity index is 2.07. The summed E-state index contributed by atoms with van der Waals surface area (Å²) in [6.45, 7) is 26.7. The van der Waals surface area contributed by atoms with Gasteiger partial charge in [0, 0.05) is 30.2 Å². The number of hydrogen-bond acceptors (Lipinski definition) is 3. The maximum Gasteiger partial charge on any atom is 0.0732 e. The first-order valence-electron chi connectivity index (χ1n) is 13.3. The van der Waals surface area contributed by atoms with Gasteiger partial charge in [0.15, 0.2) is 0 Å². The molecule has 4 heteroatoms. The van der Waals surface area contributed by atoms with E-state index in [4.69, 9.17) is 7.85 Å². The SMILES string of the molecule is [B]C1CC2(CC)CC(CC)([C@@H]2C)N(C(=C)CNCCC(C)(CC)CC(C)(C)CC#N)C1C=C. The van der Waals surface area contributed by atoms with Gasteiger partial charge < -0.3 is 10.2 Å². The van der Waals surface area contributed by atoms with Crippen LogP contribution in [0, 0.1) is 33.5 Å². The third kappa shape index (κ3) is 5.40. The summed E-state index contributed by atoms with van der Waals surface area (Å²) in [5.41, 5.74) is 1.94. The van der Waals surface area contributed by atoms with Crippen molar-refractivity contribution in [2.75, 3.05) is 13.1 Å². The van der Waals surface area contributed by atoms with Crippen molar-refractivity contribution in [3.8, 4) is 6.07 Å². The fraction of sp³-hybridized carbons (Fsp3) is 0.828. The van der Waals surface area contributed by atoms with Crippen LogP contribution in [0.15, 0.2) is 24.9 Å². The Bertz CT molecular complexity index is 740. The van der Waals surface area contributed by atoms with E-state index < -0.39 is 0 Å². The molecule has 0 aromatic rings. The van der Waals surface area contributed by atoms with Crippen LogP contribution in [0.3, 0.4) is 0 Å². The fourth-order valence-electron chi connectivity index (χ4n) is 7.49. The summed E-state index contributed by atoms with van der Waals surface area (Å²) in [4.78, 5) is 2.57. The molecule has 1 saturated carbocycles. The maximum atomic E-state index is 9.17. The summed E-state index contributed by atoms with van der Waals surface area (Å²) < 4.78 is 0. The Morgan fingerprint density at radius 3 is 2.42 bits per heavy atom. The highest BCUT2D eigenvalue weighted by Crippen LogP contribution is 2.66.